The number of halogens is 2. The molecule has 0 aromatic heterocycles. The van der Waals surface area contributed by atoms with Crippen molar-refractivity contribution in [3.8, 4) is 5.75 Å². The van der Waals surface area contributed by atoms with Crippen LogP contribution in [0.2, 0.25) is 5.02 Å². The molecule has 2 saturated heterocycles. The van der Waals surface area contributed by atoms with Crippen molar-refractivity contribution in [3.63, 3.8) is 0 Å². The Kier molecular flexibility index (Phi) is 9.99. The average Bonchev–Trinajstić information content (AvgIpc) is 2.96. The van der Waals surface area contributed by atoms with Crippen LogP contribution in [-0.2, 0) is 9.59 Å². The summed E-state index contributed by atoms with van der Waals surface area (Å²) >= 11 is 11.4. The summed E-state index contributed by atoms with van der Waals surface area (Å²) < 4.78 is 6.18. The summed E-state index contributed by atoms with van der Waals surface area (Å²) in [6.07, 6.45) is 6.21. The van der Waals surface area contributed by atoms with Gasteiger partial charge in [-0.05, 0) is 70.7 Å². The number of fused-ring (bicyclic) bond motifs is 1. The number of benzene rings is 2. The van der Waals surface area contributed by atoms with Crippen LogP contribution >= 0.6 is 39.3 Å². The lowest BCUT2D eigenvalue weighted by Gasteiger charge is -2.43. The lowest BCUT2D eigenvalue weighted by Crippen LogP contribution is -2.55. The van der Waals surface area contributed by atoms with Crippen molar-refractivity contribution in [3.05, 3.63) is 62.4 Å². The molecule has 3 fully saturated rings. The summed E-state index contributed by atoms with van der Waals surface area (Å²) in [5, 5.41) is 4.15. The minimum absolute atomic E-state index is 0.0487. The first-order valence-corrected chi connectivity index (χ1v) is 16.0. The number of nitrogens with zero attached hydrogens (tertiary/aromatic N) is 3. The summed E-state index contributed by atoms with van der Waals surface area (Å²) in [6.45, 7) is 5.19. The Labute approximate surface area is 254 Å². The molecule has 0 radical (unpaired) electrons. The number of hydrogen-bond acceptors (Lipinski definition) is 6. The highest BCUT2D eigenvalue weighted by atomic mass is 79.9. The van der Waals surface area contributed by atoms with E-state index in [1.807, 2.05) is 47.4 Å². The number of anilines is 1. The molecule has 1 saturated carbocycles. The SMILES string of the molecule is COc1ccc(/C=C2/SC3CCCCC3N(CC(=O)NCCN3CCN(c4cccc(Cl)c4)CC3)C2=O)cc1Br. The summed E-state index contributed by atoms with van der Waals surface area (Å²) in [7, 11) is 1.63. The van der Waals surface area contributed by atoms with E-state index in [4.69, 9.17) is 16.3 Å². The number of amides is 2. The van der Waals surface area contributed by atoms with E-state index in [0.717, 1.165) is 84.9 Å². The number of thioether (sulfide) groups is 1. The maximum atomic E-state index is 13.6. The number of methoxy groups -OCH3 is 1. The van der Waals surface area contributed by atoms with Gasteiger partial charge >= 0.3 is 0 Å². The summed E-state index contributed by atoms with van der Waals surface area (Å²) in [4.78, 5) is 33.9. The Hall–Kier alpha value is -2.20. The second-order valence-corrected chi connectivity index (χ2v) is 13.1. The molecule has 3 aliphatic rings. The summed E-state index contributed by atoms with van der Waals surface area (Å²) in [5.74, 6) is 0.611. The topological polar surface area (TPSA) is 65.1 Å². The van der Waals surface area contributed by atoms with Gasteiger partial charge in [0.1, 0.15) is 12.3 Å². The third kappa shape index (κ3) is 7.16. The van der Waals surface area contributed by atoms with Crippen LogP contribution in [0.3, 0.4) is 0 Å². The molecule has 5 rings (SSSR count). The Morgan fingerprint density at radius 2 is 1.95 bits per heavy atom. The number of hydrogen-bond donors (Lipinski definition) is 1. The van der Waals surface area contributed by atoms with E-state index in [0.29, 0.717) is 16.7 Å². The molecule has 2 atom stereocenters. The fourth-order valence-electron chi connectivity index (χ4n) is 5.75. The standard InChI is InChI=1S/C30H36BrClN4O3S/c1-39-26-10-9-21(17-24(26)31)18-28-30(38)36(25-7-2-3-8-27(25)40-28)20-29(37)33-11-12-34-13-15-35(16-14-34)23-6-4-5-22(32)19-23/h4-6,9-10,17-19,25,27H,2-3,7-8,11-16,20H2,1H3,(H,33,37)/b28-18+. The van der Waals surface area contributed by atoms with E-state index in [9.17, 15) is 9.59 Å². The van der Waals surface area contributed by atoms with E-state index < -0.39 is 0 Å². The van der Waals surface area contributed by atoms with Gasteiger partial charge in [-0.25, -0.2) is 0 Å². The molecule has 2 aromatic carbocycles. The highest BCUT2D eigenvalue weighted by Crippen LogP contribution is 2.42. The first-order chi connectivity index (χ1) is 19.4. The monoisotopic (exact) mass is 646 g/mol. The van der Waals surface area contributed by atoms with Gasteiger partial charge < -0.3 is 19.9 Å². The quantitative estimate of drug-likeness (QED) is 0.394. The molecule has 2 heterocycles. The second-order valence-electron chi connectivity index (χ2n) is 10.5. The van der Waals surface area contributed by atoms with Crippen LogP contribution in [-0.4, -0.2) is 85.8 Å². The van der Waals surface area contributed by atoms with Gasteiger partial charge in [-0.1, -0.05) is 36.6 Å². The molecule has 0 bridgehead atoms. The zero-order valence-corrected chi connectivity index (χ0v) is 25.9. The molecule has 7 nitrogen and oxygen atoms in total. The zero-order chi connectivity index (χ0) is 28.1. The number of piperazine rings is 1. The van der Waals surface area contributed by atoms with E-state index in [-0.39, 0.29) is 24.4 Å². The van der Waals surface area contributed by atoms with Crippen molar-refractivity contribution < 1.29 is 14.3 Å². The van der Waals surface area contributed by atoms with E-state index in [1.165, 1.54) is 0 Å². The molecule has 2 aliphatic heterocycles. The molecular weight excluding hydrogens is 612 g/mol. The van der Waals surface area contributed by atoms with Crippen molar-refractivity contribution in [2.75, 3.05) is 57.8 Å². The molecule has 214 valence electrons. The van der Waals surface area contributed by atoms with Crippen LogP contribution in [0.15, 0.2) is 51.8 Å². The van der Waals surface area contributed by atoms with Gasteiger partial charge in [0, 0.05) is 61.3 Å². The Morgan fingerprint density at radius 1 is 1.15 bits per heavy atom. The minimum Gasteiger partial charge on any atom is -0.496 e. The van der Waals surface area contributed by atoms with Crippen LogP contribution in [0.25, 0.3) is 6.08 Å². The molecule has 40 heavy (non-hydrogen) atoms. The third-order valence-corrected chi connectivity index (χ3v) is 10.2. The number of carbonyl (C=O) groups is 2. The molecule has 2 aromatic rings. The second kappa shape index (κ2) is 13.6. The van der Waals surface area contributed by atoms with E-state index >= 15 is 0 Å². The molecule has 10 heteroatoms. The zero-order valence-electron chi connectivity index (χ0n) is 22.8. The lowest BCUT2D eigenvalue weighted by molar-refractivity contribution is -0.135. The Bertz CT molecular complexity index is 1250. The number of rotatable bonds is 8. The minimum atomic E-state index is -0.0892. The predicted molar refractivity (Wildman–Crippen MR) is 167 cm³/mol. The van der Waals surface area contributed by atoms with Gasteiger partial charge in [0.15, 0.2) is 0 Å². The smallest absolute Gasteiger partial charge is 0.261 e. The van der Waals surface area contributed by atoms with Crippen molar-refractivity contribution in [2.24, 2.45) is 0 Å². The third-order valence-electron chi connectivity index (χ3n) is 7.90. The van der Waals surface area contributed by atoms with Crippen LogP contribution in [0.1, 0.15) is 31.2 Å². The fourth-order valence-corrected chi connectivity index (χ4v) is 7.97. The van der Waals surface area contributed by atoms with Crippen LogP contribution in [0.5, 0.6) is 5.75 Å². The Morgan fingerprint density at radius 3 is 2.70 bits per heavy atom. The van der Waals surface area contributed by atoms with Gasteiger partial charge in [-0.3, -0.25) is 14.5 Å². The van der Waals surface area contributed by atoms with Gasteiger partial charge in [0.05, 0.1) is 16.5 Å². The molecule has 2 amide bonds. The highest BCUT2D eigenvalue weighted by Gasteiger charge is 2.41. The number of carbonyl (C=O) groups excluding carboxylic acids is 2. The number of nitrogens with one attached hydrogen (secondary N) is 1. The molecule has 2 unspecified atom stereocenters. The fraction of sp³-hybridized carbons (Fsp3) is 0.467. The normalized spacial score (nSPS) is 22.8. The largest absolute Gasteiger partial charge is 0.496 e. The molecular formula is C30H36BrClN4O3S. The highest BCUT2D eigenvalue weighted by molar-refractivity contribution is 9.10. The first kappa shape index (κ1) is 29.3. The molecule has 1 N–H and O–H groups in total. The van der Waals surface area contributed by atoms with Gasteiger partial charge in [-0.2, -0.15) is 0 Å². The van der Waals surface area contributed by atoms with E-state index in [2.05, 4.69) is 37.1 Å². The van der Waals surface area contributed by atoms with Crippen LogP contribution < -0.4 is 15.0 Å². The van der Waals surface area contributed by atoms with Gasteiger partial charge in [0.25, 0.3) is 5.91 Å². The van der Waals surface area contributed by atoms with Gasteiger partial charge in [0.2, 0.25) is 5.91 Å². The predicted octanol–water partition coefficient (Wildman–Crippen LogP) is 5.28. The van der Waals surface area contributed by atoms with Crippen molar-refractivity contribution in [1.29, 1.82) is 0 Å². The van der Waals surface area contributed by atoms with Crippen LogP contribution in [0, 0.1) is 0 Å². The first-order valence-electron chi connectivity index (χ1n) is 13.9. The Balaban J connectivity index is 1.15. The van der Waals surface area contributed by atoms with Crippen LogP contribution in [0.4, 0.5) is 5.69 Å². The molecule has 0 spiro atoms. The summed E-state index contributed by atoms with van der Waals surface area (Å²) in [6, 6.07) is 13.9. The number of ether oxygens (including phenoxy) is 1. The summed E-state index contributed by atoms with van der Waals surface area (Å²) in [5.41, 5.74) is 2.08. The maximum absolute atomic E-state index is 13.6. The van der Waals surface area contributed by atoms with E-state index in [1.54, 1.807) is 18.9 Å². The van der Waals surface area contributed by atoms with Crippen molar-refractivity contribution in [2.45, 2.75) is 37.0 Å². The lowest BCUT2D eigenvalue weighted by atomic mass is 9.93. The van der Waals surface area contributed by atoms with Crippen molar-refractivity contribution >= 4 is 62.9 Å². The molecule has 1 aliphatic carbocycles. The average molecular weight is 648 g/mol. The maximum Gasteiger partial charge on any atom is 0.261 e. The van der Waals surface area contributed by atoms with Crippen molar-refractivity contribution in [1.82, 2.24) is 15.1 Å². The van der Waals surface area contributed by atoms with Gasteiger partial charge in [-0.15, -0.1) is 11.8 Å².